The first-order chi connectivity index (χ1) is 14.1. The first kappa shape index (κ1) is 18.6. The highest BCUT2D eigenvalue weighted by Gasteiger charge is 2.38. The molecule has 0 saturated heterocycles. The maximum Gasteiger partial charge on any atom is 0.158 e. The predicted octanol–water partition coefficient (Wildman–Crippen LogP) is 3.16. The van der Waals surface area contributed by atoms with Crippen LogP contribution in [0, 0.1) is 11.3 Å². The van der Waals surface area contributed by atoms with E-state index in [2.05, 4.69) is 30.5 Å². The third-order valence-corrected chi connectivity index (χ3v) is 4.70. The second-order valence-corrected chi connectivity index (χ2v) is 6.70. The van der Waals surface area contributed by atoms with E-state index in [9.17, 15) is 4.39 Å². The van der Waals surface area contributed by atoms with Gasteiger partial charge in [-0.1, -0.05) is 0 Å². The summed E-state index contributed by atoms with van der Waals surface area (Å²) >= 11 is 0. The van der Waals surface area contributed by atoms with Crippen LogP contribution in [0.15, 0.2) is 30.9 Å². The molecule has 0 radical (unpaired) electrons. The standard InChI is InChI=1S/C19H18FN7O2/c1-28-14-8-22-9-15(29-11-19(20)3-2-4-19)18(14)13-5-16(27-26-13)25-17-10-23-12(6-21)7-24-17/h5,7-10H,2-4,11H2,1H3,(H2,24,25,26,27). The Balaban J connectivity index is 1.57. The van der Waals surface area contributed by atoms with Crippen LogP contribution in [-0.2, 0) is 0 Å². The van der Waals surface area contributed by atoms with E-state index in [1.807, 2.05) is 6.07 Å². The zero-order chi connectivity index (χ0) is 20.3. The molecule has 0 unspecified atom stereocenters. The van der Waals surface area contributed by atoms with Gasteiger partial charge in [0.2, 0.25) is 0 Å². The van der Waals surface area contributed by atoms with Gasteiger partial charge >= 0.3 is 0 Å². The zero-order valence-corrected chi connectivity index (χ0v) is 15.6. The van der Waals surface area contributed by atoms with Crippen LogP contribution in [0.4, 0.5) is 16.0 Å². The molecule has 3 aromatic heterocycles. The van der Waals surface area contributed by atoms with Crippen LogP contribution in [-0.4, -0.2) is 44.5 Å². The Hall–Kier alpha value is -3.74. The first-order valence-corrected chi connectivity index (χ1v) is 8.99. The fraction of sp³-hybridized carbons (Fsp3) is 0.316. The van der Waals surface area contributed by atoms with E-state index in [-0.39, 0.29) is 12.3 Å². The number of hydrogen-bond acceptors (Lipinski definition) is 8. The number of aromatic amines is 1. The van der Waals surface area contributed by atoms with Crippen molar-refractivity contribution in [2.24, 2.45) is 0 Å². The lowest BCUT2D eigenvalue weighted by atomic mass is 9.83. The first-order valence-electron chi connectivity index (χ1n) is 8.99. The molecule has 0 aliphatic heterocycles. The van der Waals surface area contributed by atoms with Gasteiger partial charge in [0.05, 0.1) is 43.2 Å². The maximum absolute atomic E-state index is 14.4. The summed E-state index contributed by atoms with van der Waals surface area (Å²) in [6.07, 6.45) is 7.76. The van der Waals surface area contributed by atoms with Crippen LogP contribution >= 0.6 is 0 Å². The van der Waals surface area contributed by atoms with E-state index in [4.69, 9.17) is 14.7 Å². The number of nitrogens with one attached hydrogen (secondary N) is 2. The van der Waals surface area contributed by atoms with Gasteiger partial charge in [0, 0.05) is 6.07 Å². The topological polar surface area (TPSA) is 122 Å². The zero-order valence-electron chi connectivity index (χ0n) is 15.6. The van der Waals surface area contributed by atoms with Crippen molar-refractivity contribution in [3.05, 3.63) is 36.5 Å². The number of methoxy groups -OCH3 is 1. The summed E-state index contributed by atoms with van der Waals surface area (Å²) in [4.78, 5) is 12.2. The highest BCUT2D eigenvalue weighted by atomic mass is 19.1. The van der Waals surface area contributed by atoms with E-state index in [0.717, 1.165) is 6.42 Å². The van der Waals surface area contributed by atoms with E-state index in [0.29, 0.717) is 47.2 Å². The number of alkyl halides is 1. The molecule has 3 heterocycles. The maximum atomic E-state index is 14.4. The monoisotopic (exact) mass is 395 g/mol. The minimum absolute atomic E-state index is 0.0328. The van der Waals surface area contributed by atoms with Gasteiger partial charge in [-0.15, -0.1) is 0 Å². The van der Waals surface area contributed by atoms with Gasteiger partial charge in [-0.25, -0.2) is 14.4 Å². The lowest BCUT2D eigenvalue weighted by molar-refractivity contribution is 0.0125. The van der Waals surface area contributed by atoms with Crippen LogP contribution in [0.2, 0.25) is 0 Å². The number of pyridine rings is 1. The van der Waals surface area contributed by atoms with Crippen LogP contribution in [0.1, 0.15) is 25.0 Å². The number of rotatable bonds is 7. The van der Waals surface area contributed by atoms with Crippen molar-refractivity contribution in [3.8, 4) is 28.8 Å². The van der Waals surface area contributed by atoms with Crippen LogP contribution < -0.4 is 14.8 Å². The summed E-state index contributed by atoms with van der Waals surface area (Å²) in [5.41, 5.74) is 0.135. The molecule has 1 aliphatic rings. The van der Waals surface area contributed by atoms with Gasteiger partial charge in [-0.2, -0.15) is 10.4 Å². The number of nitriles is 1. The molecule has 2 N–H and O–H groups in total. The summed E-state index contributed by atoms with van der Waals surface area (Å²) in [6, 6.07) is 3.65. The summed E-state index contributed by atoms with van der Waals surface area (Å²) < 4.78 is 25.5. The molecule has 4 rings (SSSR count). The lowest BCUT2D eigenvalue weighted by Gasteiger charge is -2.33. The molecule has 1 saturated carbocycles. The Kier molecular flexibility index (Phi) is 4.95. The van der Waals surface area contributed by atoms with Gasteiger partial charge in [-0.3, -0.25) is 10.1 Å². The van der Waals surface area contributed by atoms with Gasteiger partial charge in [0.1, 0.15) is 29.9 Å². The number of anilines is 2. The van der Waals surface area contributed by atoms with Crippen molar-refractivity contribution in [1.82, 2.24) is 25.1 Å². The Bertz CT molecular complexity index is 1040. The third kappa shape index (κ3) is 3.94. The Morgan fingerprint density at radius 1 is 1.21 bits per heavy atom. The Morgan fingerprint density at radius 2 is 2.03 bits per heavy atom. The van der Waals surface area contributed by atoms with Crippen molar-refractivity contribution in [2.75, 3.05) is 19.0 Å². The second kappa shape index (κ2) is 7.71. The Morgan fingerprint density at radius 3 is 2.69 bits per heavy atom. The molecule has 148 valence electrons. The molecule has 9 nitrogen and oxygen atoms in total. The average molecular weight is 395 g/mol. The quantitative estimate of drug-likeness (QED) is 0.626. The van der Waals surface area contributed by atoms with Crippen molar-refractivity contribution in [1.29, 1.82) is 5.26 Å². The molecule has 0 spiro atoms. The van der Waals surface area contributed by atoms with Gasteiger partial charge in [0.25, 0.3) is 0 Å². The van der Waals surface area contributed by atoms with Gasteiger partial charge < -0.3 is 14.8 Å². The smallest absolute Gasteiger partial charge is 0.158 e. The third-order valence-electron chi connectivity index (χ3n) is 4.70. The van der Waals surface area contributed by atoms with Crippen LogP contribution in [0.5, 0.6) is 11.5 Å². The molecule has 3 aromatic rings. The van der Waals surface area contributed by atoms with Gasteiger partial charge in [0.15, 0.2) is 17.3 Å². The summed E-state index contributed by atoms with van der Waals surface area (Å²) in [5.74, 6) is 1.79. The predicted molar refractivity (Wildman–Crippen MR) is 102 cm³/mol. The molecule has 10 heteroatoms. The molecular weight excluding hydrogens is 377 g/mol. The van der Waals surface area contributed by atoms with Crippen LogP contribution in [0.3, 0.4) is 0 Å². The van der Waals surface area contributed by atoms with Crippen molar-refractivity contribution in [2.45, 2.75) is 24.9 Å². The highest BCUT2D eigenvalue weighted by Crippen LogP contribution is 2.40. The SMILES string of the molecule is COc1cncc(OCC2(F)CCC2)c1-c1cc(Nc2cnc(C#N)cn2)n[nH]1. The minimum atomic E-state index is -1.28. The number of nitrogens with zero attached hydrogens (tertiary/aromatic N) is 5. The largest absolute Gasteiger partial charge is 0.494 e. The molecule has 29 heavy (non-hydrogen) atoms. The van der Waals surface area contributed by atoms with Crippen molar-refractivity contribution in [3.63, 3.8) is 0 Å². The van der Waals surface area contributed by atoms with E-state index in [1.54, 1.807) is 12.3 Å². The number of hydrogen-bond donors (Lipinski definition) is 2. The number of ether oxygens (including phenoxy) is 2. The molecule has 0 aromatic carbocycles. The van der Waals surface area contributed by atoms with E-state index < -0.39 is 5.67 Å². The number of H-pyrrole nitrogens is 1. The van der Waals surface area contributed by atoms with Gasteiger partial charge in [-0.05, 0) is 19.3 Å². The molecule has 0 amide bonds. The van der Waals surface area contributed by atoms with Crippen molar-refractivity contribution >= 4 is 11.6 Å². The molecule has 1 fully saturated rings. The number of aromatic nitrogens is 5. The number of halogens is 1. The fourth-order valence-corrected chi connectivity index (χ4v) is 2.96. The van der Waals surface area contributed by atoms with E-state index in [1.165, 1.54) is 25.7 Å². The van der Waals surface area contributed by atoms with E-state index >= 15 is 0 Å². The summed E-state index contributed by atoms with van der Waals surface area (Å²) in [6.45, 7) is -0.0328. The minimum Gasteiger partial charge on any atom is -0.494 e. The lowest BCUT2D eigenvalue weighted by Crippen LogP contribution is -2.38. The normalized spacial score (nSPS) is 14.5. The summed E-state index contributed by atoms with van der Waals surface area (Å²) in [5, 5.41) is 18.9. The second-order valence-electron chi connectivity index (χ2n) is 6.70. The molecule has 0 atom stereocenters. The fourth-order valence-electron chi connectivity index (χ4n) is 2.96. The van der Waals surface area contributed by atoms with Crippen molar-refractivity contribution < 1.29 is 13.9 Å². The summed E-state index contributed by atoms with van der Waals surface area (Å²) in [7, 11) is 1.52. The molecule has 0 bridgehead atoms. The highest BCUT2D eigenvalue weighted by molar-refractivity contribution is 5.75. The molecule has 1 aliphatic carbocycles. The molecular formula is C19H18FN7O2. The Labute approximate surface area is 165 Å². The average Bonchev–Trinajstić information content (AvgIpc) is 3.19. The van der Waals surface area contributed by atoms with Crippen LogP contribution in [0.25, 0.3) is 11.3 Å².